The second-order valence-corrected chi connectivity index (χ2v) is 4.59. The van der Waals surface area contributed by atoms with Gasteiger partial charge in [-0.25, -0.2) is 9.18 Å². The summed E-state index contributed by atoms with van der Waals surface area (Å²) in [6, 6.07) is 5.47. The lowest BCUT2D eigenvalue weighted by atomic mass is 10.1. The summed E-state index contributed by atoms with van der Waals surface area (Å²) in [6.07, 6.45) is 0.552. The zero-order chi connectivity index (χ0) is 15.1. The van der Waals surface area contributed by atoms with Crippen LogP contribution in [0.1, 0.15) is 19.4 Å². The van der Waals surface area contributed by atoms with Crippen molar-refractivity contribution in [2.24, 2.45) is 0 Å². The Labute approximate surface area is 117 Å². The number of hydrogen-bond donors (Lipinski definition) is 2. The average molecular weight is 282 g/mol. The van der Waals surface area contributed by atoms with Crippen molar-refractivity contribution in [3.05, 3.63) is 35.6 Å². The van der Waals surface area contributed by atoms with Gasteiger partial charge in [-0.3, -0.25) is 4.79 Å². The molecule has 0 saturated carbocycles. The van der Waals surface area contributed by atoms with Crippen molar-refractivity contribution in [2.45, 2.75) is 26.3 Å². The number of rotatable bonds is 6. The molecule has 110 valence electrons. The standard InChI is InChI=1S/C14H19FN2O3/c1-3-17(9-13(18)19)14(20)16-10(2)8-11-4-6-12(15)7-5-11/h4-7,10H,3,8-9H2,1-2H3,(H,16,20)(H,18,19). The zero-order valence-corrected chi connectivity index (χ0v) is 11.6. The van der Waals surface area contributed by atoms with Crippen LogP contribution < -0.4 is 5.32 Å². The number of carboxylic acids is 1. The normalized spacial score (nSPS) is 11.8. The van der Waals surface area contributed by atoms with Crippen LogP contribution in [0.5, 0.6) is 0 Å². The number of urea groups is 1. The van der Waals surface area contributed by atoms with Crippen LogP contribution in [0.3, 0.4) is 0 Å². The summed E-state index contributed by atoms with van der Waals surface area (Å²) in [6.45, 7) is 3.52. The fraction of sp³-hybridized carbons (Fsp3) is 0.429. The number of benzene rings is 1. The largest absolute Gasteiger partial charge is 0.480 e. The predicted octanol–water partition coefficient (Wildman–Crippen LogP) is 1.87. The first-order valence-corrected chi connectivity index (χ1v) is 6.44. The number of carbonyl (C=O) groups excluding carboxylic acids is 1. The first-order chi connectivity index (χ1) is 9.42. The summed E-state index contributed by atoms with van der Waals surface area (Å²) >= 11 is 0. The summed E-state index contributed by atoms with van der Waals surface area (Å²) in [5.74, 6) is -1.35. The van der Waals surface area contributed by atoms with Gasteiger partial charge in [0.15, 0.2) is 0 Å². The van der Waals surface area contributed by atoms with Crippen molar-refractivity contribution in [3.63, 3.8) is 0 Å². The SMILES string of the molecule is CCN(CC(=O)O)C(=O)NC(C)Cc1ccc(F)cc1. The van der Waals surface area contributed by atoms with Crippen molar-refractivity contribution >= 4 is 12.0 Å². The van der Waals surface area contributed by atoms with Gasteiger partial charge in [0.2, 0.25) is 0 Å². The van der Waals surface area contributed by atoms with Crippen LogP contribution in [0.4, 0.5) is 9.18 Å². The van der Waals surface area contributed by atoms with Crippen molar-refractivity contribution < 1.29 is 19.1 Å². The molecule has 1 aromatic rings. The highest BCUT2D eigenvalue weighted by Crippen LogP contribution is 2.06. The van der Waals surface area contributed by atoms with E-state index in [1.165, 1.54) is 17.0 Å². The third kappa shape index (κ3) is 5.26. The van der Waals surface area contributed by atoms with Gasteiger partial charge in [-0.2, -0.15) is 0 Å². The first-order valence-electron chi connectivity index (χ1n) is 6.44. The molecule has 0 saturated heterocycles. The summed E-state index contributed by atoms with van der Waals surface area (Å²) in [5, 5.41) is 11.4. The number of amides is 2. The second kappa shape index (κ2) is 7.47. The highest BCUT2D eigenvalue weighted by Gasteiger charge is 2.16. The molecule has 0 aliphatic carbocycles. The number of carboxylic acid groups (broad SMARTS) is 1. The van der Waals surface area contributed by atoms with Crippen LogP contribution in [0, 0.1) is 5.82 Å². The first kappa shape index (κ1) is 15.9. The van der Waals surface area contributed by atoms with Gasteiger partial charge in [0.25, 0.3) is 0 Å². The van der Waals surface area contributed by atoms with Crippen LogP contribution >= 0.6 is 0 Å². The van der Waals surface area contributed by atoms with E-state index in [1.54, 1.807) is 19.1 Å². The lowest BCUT2D eigenvalue weighted by molar-refractivity contribution is -0.137. The molecule has 0 heterocycles. The van der Waals surface area contributed by atoms with E-state index < -0.39 is 12.0 Å². The Morgan fingerprint density at radius 1 is 1.35 bits per heavy atom. The van der Waals surface area contributed by atoms with E-state index in [0.717, 1.165) is 5.56 Å². The number of nitrogens with zero attached hydrogens (tertiary/aromatic N) is 1. The summed E-state index contributed by atoms with van der Waals surface area (Å²) in [7, 11) is 0. The Kier molecular flexibility index (Phi) is 5.96. The van der Waals surface area contributed by atoms with E-state index in [1.807, 2.05) is 6.92 Å². The molecule has 1 atom stereocenters. The fourth-order valence-corrected chi connectivity index (χ4v) is 1.82. The maximum absolute atomic E-state index is 12.8. The molecule has 0 aliphatic rings. The molecule has 1 aromatic carbocycles. The van der Waals surface area contributed by atoms with E-state index in [0.29, 0.717) is 13.0 Å². The Hall–Kier alpha value is -2.11. The Bertz CT molecular complexity index is 462. The van der Waals surface area contributed by atoms with Crippen LogP contribution in [-0.2, 0) is 11.2 Å². The van der Waals surface area contributed by atoms with Gasteiger partial charge in [0.1, 0.15) is 12.4 Å². The Morgan fingerprint density at radius 3 is 2.45 bits per heavy atom. The van der Waals surface area contributed by atoms with Crippen LogP contribution in [0.2, 0.25) is 0 Å². The number of halogens is 1. The maximum Gasteiger partial charge on any atom is 0.323 e. The second-order valence-electron chi connectivity index (χ2n) is 4.59. The molecule has 0 bridgehead atoms. The minimum atomic E-state index is -1.05. The van der Waals surface area contributed by atoms with Gasteiger partial charge in [-0.15, -0.1) is 0 Å². The van der Waals surface area contributed by atoms with E-state index >= 15 is 0 Å². The van der Waals surface area contributed by atoms with Crippen LogP contribution in [-0.4, -0.2) is 41.1 Å². The molecule has 0 aliphatic heterocycles. The molecule has 0 radical (unpaired) electrons. The van der Waals surface area contributed by atoms with E-state index in [9.17, 15) is 14.0 Å². The van der Waals surface area contributed by atoms with Gasteiger partial charge < -0.3 is 15.3 Å². The van der Waals surface area contributed by atoms with Crippen molar-refractivity contribution in [3.8, 4) is 0 Å². The summed E-state index contributed by atoms with van der Waals surface area (Å²) < 4.78 is 12.8. The number of carbonyl (C=O) groups is 2. The Morgan fingerprint density at radius 2 is 1.95 bits per heavy atom. The Balaban J connectivity index is 2.52. The van der Waals surface area contributed by atoms with Gasteiger partial charge >= 0.3 is 12.0 Å². The smallest absolute Gasteiger partial charge is 0.323 e. The average Bonchev–Trinajstić information content (AvgIpc) is 2.38. The molecule has 1 unspecified atom stereocenters. The van der Waals surface area contributed by atoms with Gasteiger partial charge in [-0.1, -0.05) is 12.1 Å². The molecule has 2 amide bonds. The number of aliphatic carboxylic acids is 1. The van der Waals surface area contributed by atoms with Gasteiger partial charge in [0.05, 0.1) is 0 Å². The number of likely N-dealkylation sites (N-methyl/N-ethyl adjacent to an activating group) is 1. The van der Waals surface area contributed by atoms with E-state index in [4.69, 9.17) is 5.11 Å². The molecule has 0 aromatic heterocycles. The topological polar surface area (TPSA) is 69.6 Å². The molecule has 0 spiro atoms. The van der Waals surface area contributed by atoms with Crippen LogP contribution in [0.25, 0.3) is 0 Å². The molecular weight excluding hydrogens is 263 g/mol. The monoisotopic (exact) mass is 282 g/mol. The quantitative estimate of drug-likeness (QED) is 0.837. The lowest BCUT2D eigenvalue weighted by Gasteiger charge is -2.22. The minimum Gasteiger partial charge on any atom is -0.480 e. The van der Waals surface area contributed by atoms with Gasteiger partial charge in [0, 0.05) is 12.6 Å². The highest BCUT2D eigenvalue weighted by molar-refractivity contribution is 5.80. The van der Waals surface area contributed by atoms with Crippen molar-refractivity contribution in [1.82, 2.24) is 10.2 Å². The fourth-order valence-electron chi connectivity index (χ4n) is 1.82. The third-order valence-electron chi connectivity index (χ3n) is 2.82. The van der Waals surface area contributed by atoms with Crippen molar-refractivity contribution in [2.75, 3.05) is 13.1 Å². The minimum absolute atomic E-state index is 0.171. The molecule has 1 rings (SSSR count). The van der Waals surface area contributed by atoms with E-state index in [2.05, 4.69) is 5.32 Å². The molecule has 0 fully saturated rings. The van der Waals surface area contributed by atoms with Crippen molar-refractivity contribution in [1.29, 1.82) is 0 Å². The summed E-state index contributed by atoms with van der Waals surface area (Å²) in [5.41, 5.74) is 0.903. The predicted molar refractivity (Wildman–Crippen MR) is 73.0 cm³/mol. The van der Waals surface area contributed by atoms with Crippen LogP contribution in [0.15, 0.2) is 24.3 Å². The number of nitrogens with one attached hydrogen (secondary N) is 1. The lowest BCUT2D eigenvalue weighted by Crippen LogP contribution is -2.46. The molecule has 5 nitrogen and oxygen atoms in total. The van der Waals surface area contributed by atoms with Gasteiger partial charge in [-0.05, 0) is 38.0 Å². The third-order valence-corrected chi connectivity index (χ3v) is 2.82. The highest BCUT2D eigenvalue weighted by atomic mass is 19.1. The molecule has 2 N–H and O–H groups in total. The number of hydrogen-bond acceptors (Lipinski definition) is 2. The summed E-state index contributed by atoms with van der Waals surface area (Å²) in [4.78, 5) is 23.7. The molecular formula is C14H19FN2O3. The molecule has 20 heavy (non-hydrogen) atoms. The zero-order valence-electron chi connectivity index (χ0n) is 11.6. The molecule has 6 heteroatoms. The maximum atomic E-state index is 12.8. The van der Waals surface area contributed by atoms with E-state index in [-0.39, 0.29) is 18.4 Å².